The fourth-order valence-electron chi connectivity index (χ4n) is 1.56. The summed E-state index contributed by atoms with van der Waals surface area (Å²) in [5, 5.41) is 12.7. The summed E-state index contributed by atoms with van der Waals surface area (Å²) < 4.78 is 0. The zero-order valence-corrected chi connectivity index (χ0v) is 12.2. The molecule has 1 rings (SSSR count). The normalized spacial score (nSPS) is 12.1. The van der Waals surface area contributed by atoms with Gasteiger partial charge in [0.1, 0.15) is 6.04 Å². The third-order valence-corrected chi connectivity index (χ3v) is 3.43. The van der Waals surface area contributed by atoms with Gasteiger partial charge in [-0.2, -0.15) is 5.26 Å². The highest BCUT2D eigenvalue weighted by Gasteiger charge is 2.08. The third kappa shape index (κ3) is 5.90. The van der Waals surface area contributed by atoms with Crippen molar-refractivity contribution in [2.45, 2.75) is 44.3 Å². The Morgan fingerprint density at radius 3 is 2.95 bits per heavy atom. The topological polar surface area (TPSA) is 81.6 Å². The molecule has 1 aromatic rings. The molecule has 0 aliphatic rings. The van der Waals surface area contributed by atoms with Gasteiger partial charge in [0.05, 0.1) is 6.07 Å². The van der Waals surface area contributed by atoms with E-state index in [0.717, 1.165) is 31.5 Å². The first-order valence-electron chi connectivity index (χ1n) is 6.55. The van der Waals surface area contributed by atoms with Crippen LogP contribution in [0.2, 0.25) is 0 Å². The number of nitrogens with one attached hydrogen (secondary N) is 2. The first-order valence-corrected chi connectivity index (χ1v) is 7.54. The summed E-state index contributed by atoms with van der Waals surface area (Å²) in [7, 11) is 0. The first kappa shape index (κ1) is 15.7. The van der Waals surface area contributed by atoms with E-state index >= 15 is 0 Å². The molecule has 5 nitrogen and oxygen atoms in total. The number of thioether (sulfide) groups is 1. The Morgan fingerprint density at radius 2 is 2.32 bits per heavy atom. The van der Waals surface area contributed by atoms with E-state index in [4.69, 9.17) is 5.26 Å². The Kier molecular flexibility index (Phi) is 7.23. The highest BCUT2D eigenvalue weighted by Crippen LogP contribution is 2.13. The maximum absolute atomic E-state index is 11.5. The van der Waals surface area contributed by atoms with Gasteiger partial charge in [-0.15, -0.1) is 0 Å². The molecule has 0 aliphatic heterocycles. The van der Waals surface area contributed by atoms with E-state index in [1.54, 1.807) is 0 Å². The Labute approximate surface area is 117 Å². The molecule has 104 valence electrons. The van der Waals surface area contributed by atoms with Gasteiger partial charge in [-0.25, -0.2) is 4.98 Å². The molecule has 1 atom stereocenters. The molecule has 1 aromatic heterocycles. The number of aromatic nitrogens is 2. The summed E-state index contributed by atoms with van der Waals surface area (Å²) in [5.41, 5.74) is 0.680. The summed E-state index contributed by atoms with van der Waals surface area (Å²) in [6, 6.07) is 3.52. The van der Waals surface area contributed by atoms with Crippen molar-refractivity contribution in [3.8, 4) is 6.07 Å². The molecule has 1 heterocycles. The van der Waals surface area contributed by atoms with Gasteiger partial charge in [0.2, 0.25) is 0 Å². The molecule has 1 unspecified atom stereocenters. The summed E-state index contributed by atoms with van der Waals surface area (Å²) in [5.74, 6) is 0.578. The van der Waals surface area contributed by atoms with Crippen molar-refractivity contribution in [3.05, 3.63) is 22.1 Å². The number of hydrogen-bond acceptors (Lipinski definition) is 5. The molecular weight excluding hydrogens is 260 g/mol. The van der Waals surface area contributed by atoms with Crippen LogP contribution in [0.25, 0.3) is 0 Å². The Bertz CT molecular complexity index is 480. The first-order chi connectivity index (χ1) is 9.19. The van der Waals surface area contributed by atoms with E-state index in [1.165, 1.54) is 17.8 Å². The number of nitriles is 1. The van der Waals surface area contributed by atoms with Crippen LogP contribution in [0.1, 0.15) is 32.4 Å². The van der Waals surface area contributed by atoms with Crippen molar-refractivity contribution in [1.29, 1.82) is 5.26 Å². The lowest BCUT2D eigenvalue weighted by molar-refractivity contribution is 0.637. The summed E-state index contributed by atoms with van der Waals surface area (Å²) in [6.45, 7) is 4.93. The minimum absolute atomic E-state index is 0.129. The van der Waals surface area contributed by atoms with Gasteiger partial charge in [-0.05, 0) is 19.4 Å². The molecule has 0 saturated heterocycles. The predicted molar refractivity (Wildman–Crippen MR) is 77.3 cm³/mol. The molecular formula is C13H20N4OS. The van der Waals surface area contributed by atoms with Crippen LogP contribution in [-0.4, -0.2) is 28.3 Å². The lowest BCUT2D eigenvalue weighted by Gasteiger charge is -2.09. The summed E-state index contributed by atoms with van der Waals surface area (Å²) in [4.78, 5) is 18.6. The number of rotatable bonds is 8. The number of hydrogen-bond donors (Lipinski definition) is 2. The van der Waals surface area contributed by atoms with Crippen LogP contribution in [0.4, 0.5) is 0 Å². The van der Waals surface area contributed by atoms with E-state index in [1.807, 2.05) is 0 Å². The Morgan fingerprint density at radius 1 is 1.53 bits per heavy atom. The SMILES string of the molecule is CCCNC(C#N)CSc1nc(CCC)cc(=O)[nH]1. The molecule has 6 heteroatoms. The van der Waals surface area contributed by atoms with Crippen LogP contribution in [0, 0.1) is 11.3 Å². The molecule has 0 aliphatic carbocycles. The standard InChI is InChI=1S/C13H20N4OS/c1-3-5-10-7-12(18)17-13(16-10)19-9-11(8-14)15-6-4-2/h7,11,15H,3-6,9H2,1-2H3,(H,16,17,18). The quantitative estimate of drug-likeness (QED) is 0.559. The average molecular weight is 280 g/mol. The van der Waals surface area contributed by atoms with E-state index in [2.05, 4.69) is 35.2 Å². The van der Waals surface area contributed by atoms with Gasteiger partial charge < -0.3 is 10.3 Å². The molecule has 0 amide bonds. The van der Waals surface area contributed by atoms with E-state index in [0.29, 0.717) is 10.9 Å². The molecule has 0 fully saturated rings. The third-order valence-electron chi connectivity index (χ3n) is 2.46. The van der Waals surface area contributed by atoms with E-state index in [9.17, 15) is 4.79 Å². The van der Waals surface area contributed by atoms with Crippen molar-refractivity contribution >= 4 is 11.8 Å². The van der Waals surface area contributed by atoms with Crippen molar-refractivity contribution in [1.82, 2.24) is 15.3 Å². The van der Waals surface area contributed by atoms with Crippen LogP contribution in [0.15, 0.2) is 16.0 Å². The number of H-pyrrole nitrogens is 1. The second-order valence-electron chi connectivity index (χ2n) is 4.24. The molecule has 0 saturated carbocycles. The largest absolute Gasteiger partial charge is 0.301 e. The monoisotopic (exact) mass is 280 g/mol. The predicted octanol–water partition coefficient (Wildman–Crippen LogP) is 1.71. The highest BCUT2D eigenvalue weighted by molar-refractivity contribution is 7.99. The lowest BCUT2D eigenvalue weighted by Crippen LogP contribution is -2.30. The summed E-state index contributed by atoms with van der Waals surface area (Å²) in [6.07, 6.45) is 2.75. The van der Waals surface area contributed by atoms with Crippen molar-refractivity contribution < 1.29 is 0 Å². The number of aryl methyl sites for hydroxylation is 1. The molecule has 0 aromatic carbocycles. The second kappa shape index (κ2) is 8.73. The minimum Gasteiger partial charge on any atom is -0.301 e. The van der Waals surface area contributed by atoms with Crippen LogP contribution < -0.4 is 10.9 Å². The second-order valence-corrected chi connectivity index (χ2v) is 5.25. The summed E-state index contributed by atoms with van der Waals surface area (Å²) >= 11 is 1.41. The van der Waals surface area contributed by atoms with Crippen LogP contribution in [0.3, 0.4) is 0 Å². The van der Waals surface area contributed by atoms with Gasteiger partial charge in [-0.1, -0.05) is 32.0 Å². The van der Waals surface area contributed by atoms with Gasteiger partial charge in [0, 0.05) is 17.5 Å². The van der Waals surface area contributed by atoms with Gasteiger partial charge >= 0.3 is 0 Å². The van der Waals surface area contributed by atoms with Crippen molar-refractivity contribution in [2.75, 3.05) is 12.3 Å². The highest BCUT2D eigenvalue weighted by atomic mass is 32.2. The van der Waals surface area contributed by atoms with Gasteiger partial charge in [-0.3, -0.25) is 4.79 Å². The molecule has 19 heavy (non-hydrogen) atoms. The fourth-order valence-corrected chi connectivity index (χ4v) is 2.43. The molecule has 2 N–H and O–H groups in total. The van der Waals surface area contributed by atoms with Gasteiger partial charge in [0.25, 0.3) is 5.56 Å². The zero-order chi connectivity index (χ0) is 14.1. The van der Waals surface area contributed by atoms with Crippen molar-refractivity contribution in [3.63, 3.8) is 0 Å². The molecule has 0 radical (unpaired) electrons. The maximum atomic E-state index is 11.5. The van der Waals surface area contributed by atoms with E-state index < -0.39 is 0 Å². The molecule has 0 bridgehead atoms. The lowest BCUT2D eigenvalue weighted by atomic mass is 10.2. The minimum atomic E-state index is -0.218. The Balaban J connectivity index is 2.61. The van der Waals surface area contributed by atoms with Crippen LogP contribution in [0.5, 0.6) is 0 Å². The number of aromatic amines is 1. The van der Waals surface area contributed by atoms with Gasteiger partial charge in [0.15, 0.2) is 5.16 Å². The fraction of sp³-hybridized carbons (Fsp3) is 0.615. The molecule has 0 spiro atoms. The number of nitrogens with zero attached hydrogens (tertiary/aromatic N) is 2. The smallest absolute Gasteiger partial charge is 0.251 e. The van der Waals surface area contributed by atoms with E-state index in [-0.39, 0.29) is 11.6 Å². The van der Waals surface area contributed by atoms with Crippen molar-refractivity contribution in [2.24, 2.45) is 0 Å². The Hall–Kier alpha value is -1.32. The average Bonchev–Trinajstić information content (AvgIpc) is 2.39. The van der Waals surface area contributed by atoms with Crippen LogP contribution >= 0.6 is 11.8 Å². The van der Waals surface area contributed by atoms with Crippen LogP contribution in [-0.2, 0) is 6.42 Å². The zero-order valence-electron chi connectivity index (χ0n) is 11.4. The maximum Gasteiger partial charge on any atom is 0.251 e.